The predicted octanol–water partition coefficient (Wildman–Crippen LogP) is 4.37. The van der Waals surface area contributed by atoms with E-state index in [1.54, 1.807) is 0 Å². The number of benzene rings is 1. The van der Waals surface area contributed by atoms with E-state index in [-0.39, 0.29) is 11.3 Å². The molecule has 5 nitrogen and oxygen atoms in total. The van der Waals surface area contributed by atoms with Crippen LogP contribution >= 0.6 is 22.9 Å². The third-order valence-electron chi connectivity index (χ3n) is 4.31. The maximum absolute atomic E-state index is 12.7. The minimum absolute atomic E-state index is 0.00582. The van der Waals surface area contributed by atoms with E-state index in [1.807, 2.05) is 56.0 Å². The van der Waals surface area contributed by atoms with Crippen LogP contribution in [-0.2, 0) is 0 Å². The highest BCUT2D eigenvalue weighted by atomic mass is 35.5. The summed E-state index contributed by atoms with van der Waals surface area (Å²) in [6.07, 6.45) is 0. The largest absolute Gasteiger partial charge is 0.351 e. The first-order chi connectivity index (χ1) is 12.7. The maximum Gasteiger partial charge on any atom is 0.261 e. The lowest BCUT2D eigenvalue weighted by Gasteiger charge is -2.28. The maximum atomic E-state index is 12.7. The molecule has 0 fully saturated rings. The zero-order valence-electron chi connectivity index (χ0n) is 16.3. The number of hydrogen-bond acceptors (Lipinski definition) is 4. The van der Waals surface area contributed by atoms with Crippen molar-refractivity contribution in [2.75, 3.05) is 27.2 Å². The van der Waals surface area contributed by atoms with Gasteiger partial charge in [-0.15, -0.1) is 11.3 Å². The van der Waals surface area contributed by atoms with Gasteiger partial charge in [0.15, 0.2) is 0 Å². The van der Waals surface area contributed by atoms with E-state index in [2.05, 4.69) is 29.2 Å². The Morgan fingerprint density at radius 2 is 1.96 bits per heavy atom. The van der Waals surface area contributed by atoms with Crippen LogP contribution in [0.2, 0.25) is 5.02 Å². The van der Waals surface area contributed by atoms with Crippen molar-refractivity contribution in [3.8, 4) is 5.69 Å². The van der Waals surface area contributed by atoms with Crippen LogP contribution in [0.15, 0.2) is 30.3 Å². The Balaban J connectivity index is 1.83. The molecule has 2 heterocycles. The third kappa shape index (κ3) is 4.51. The number of rotatable bonds is 6. The van der Waals surface area contributed by atoms with E-state index < -0.39 is 0 Å². The number of amides is 1. The molecule has 0 aliphatic heterocycles. The van der Waals surface area contributed by atoms with Crippen molar-refractivity contribution >= 4 is 39.1 Å². The molecule has 0 spiro atoms. The fourth-order valence-corrected chi connectivity index (χ4v) is 4.46. The second kappa shape index (κ2) is 7.62. The van der Waals surface area contributed by atoms with Crippen LogP contribution in [0.3, 0.4) is 0 Å². The van der Waals surface area contributed by atoms with E-state index in [4.69, 9.17) is 11.6 Å². The number of carbonyl (C=O) groups excluding carboxylic acids is 1. The molecule has 1 N–H and O–H groups in total. The molecule has 3 aromatic rings. The van der Waals surface area contributed by atoms with Crippen LogP contribution < -0.4 is 5.32 Å². The van der Waals surface area contributed by atoms with Gasteiger partial charge in [0, 0.05) is 23.5 Å². The fourth-order valence-electron chi connectivity index (χ4n) is 3.24. The first kappa shape index (κ1) is 19.9. The lowest BCUT2D eigenvalue weighted by Crippen LogP contribution is -2.39. The van der Waals surface area contributed by atoms with Gasteiger partial charge in [-0.05, 0) is 56.8 Å². The molecule has 0 atom stereocenters. The summed E-state index contributed by atoms with van der Waals surface area (Å²) < 4.78 is 1.87. The lowest BCUT2D eigenvalue weighted by atomic mass is 9.93. The Hall–Kier alpha value is -1.89. The van der Waals surface area contributed by atoms with Gasteiger partial charge in [0.05, 0.1) is 16.3 Å². The number of hydrogen-bond donors (Lipinski definition) is 1. The summed E-state index contributed by atoms with van der Waals surface area (Å²) in [6, 6.07) is 9.47. The summed E-state index contributed by atoms with van der Waals surface area (Å²) in [6.45, 7) is 7.80. The van der Waals surface area contributed by atoms with Gasteiger partial charge in [-0.2, -0.15) is 5.10 Å². The van der Waals surface area contributed by atoms with E-state index in [0.717, 1.165) is 28.1 Å². The van der Waals surface area contributed by atoms with Crippen molar-refractivity contribution in [2.45, 2.75) is 20.8 Å². The van der Waals surface area contributed by atoms with E-state index in [0.29, 0.717) is 16.4 Å². The Kier molecular flexibility index (Phi) is 5.60. The topological polar surface area (TPSA) is 50.2 Å². The van der Waals surface area contributed by atoms with E-state index >= 15 is 0 Å². The fraction of sp³-hybridized carbons (Fsp3) is 0.400. The van der Waals surface area contributed by atoms with Crippen LogP contribution in [0.1, 0.15) is 29.2 Å². The molecule has 1 aromatic carbocycles. The highest BCUT2D eigenvalue weighted by Gasteiger charge is 2.22. The van der Waals surface area contributed by atoms with E-state index in [1.165, 1.54) is 11.3 Å². The van der Waals surface area contributed by atoms with Crippen LogP contribution in [0.5, 0.6) is 0 Å². The number of halogens is 1. The first-order valence-electron chi connectivity index (χ1n) is 8.84. The third-order valence-corrected chi connectivity index (χ3v) is 5.67. The van der Waals surface area contributed by atoms with Crippen LogP contribution in [0.25, 0.3) is 15.9 Å². The number of aryl methyl sites for hydroxylation is 1. The zero-order valence-corrected chi connectivity index (χ0v) is 17.9. The van der Waals surface area contributed by atoms with Gasteiger partial charge in [-0.1, -0.05) is 25.4 Å². The standard InChI is InChI=1S/C20H25ClN4OS/c1-13-16-10-17(18(26)22-11-20(2,3)12-24(4)5)27-19(16)25(23-13)15-8-6-14(21)7-9-15/h6-10H,11-12H2,1-5H3,(H,22,26). The lowest BCUT2D eigenvalue weighted by molar-refractivity contribution is 0.0933. The van der Waals surface area contributed by atoms with Crippen molar-refractivity contribution in [2.24, 2.45) is 5.41 Å². The summed E-state index contributed by atoms with van der Waals surface area (Å²) in [5.41, 5.74) is 1.84. The molecule has 0 unspecified atom stereocenters. The second-order valence-electron chi connectivity index (χ2n) is 7.89. The molecule has 0 aliphatic rings. The molecule has 1 amide bonds. The highest BCUT2D eigenvalue weighted by Crippen LogP contribution is 2.30. The van der Waals surface area contributed by atoms with Crippen molar-refractivity contribution in [1.29, 1.82) is 0 Å². The number of thiophene rings is 1. The van der Waals surface area contributed by atoms with Gasteiger partial charge < -0.3 is 10.2 Å². The van der Waals surface area contributed by atoms with Gasteiger partial charge >= 0.3 is 0 Å². The normalized spacial score (nSPS) is 12.1. The number of nitrogens with one attached hydrogen (secondary N) is 1. The number of nitrogens with zero attached hydrogens (tertiary/aromatic N) is 3. The monoisotopic (exact) mass is 404 g/mol. The number of carbonyl (C=O) groups is 1. The van der Waals surface area contributed by atoms with Crippen molar-refractivity contribution in [3.63, 3.8) is 0 Å². The molecule has 0 bridgehead atoms. The quantitative estimate of drug-likeness (QED) is 0.663. The molecule has 3 rings (SSSR count). The Bertz CT molecular complexity index is 956. The Morgan fingerprint density at radius 1 is 1.30 bits per heavy atom. The minimum atomic E-state index is -0.0370. The van der Waals surface area contributed by atoms with Crippen molar-refractivity contribution < 1.29 is 4.79 Å². The summed E-state index contributed by atoms with van der Waals surface area (Å²) in [4.78, 5) is 16.5. The average molecular weight is 405 g/mol. The van der Waals surface area contributed by atoms with Gasteiger partial charge in [0.1, 0.15) is 4.83 Å². The summed E-state index contributed by atoms with van der Waals surface area (Å²) in [7, 11) is 4.09. The SMILES string of the molecule is Cc1nn(-c2ccc(Cl)cc2)c2sc(C(=O)NCC(C)(C)CN(C)C)cc12. The molecule has 0 aliphatic carbocycles. The summed E-state index contributed by atoms with van der Waals surface area (Å²) in [5, 5.41) is 9.39. The van der Waals surface area contributed by atoms with Gasteiger partial charge in [-0.3, -0.25) is 4.79 Å². The van der Waals surface area contributed by atoms with Gasteiger partial charge in [-0.25, -0.2) is 4.68 Å². The smallest absolute Gasteiger partial charge is 0.261 e. The van der Waals surface area contributed by atoms with Crippen LogP contribution in [0, 0.1) is 12.3 Å². The molecular weight excluding hydrogens is 380 g/mol. The van der Waals surface area contributed by atoms with Crippen molar-refractivity contribution in [3.05, 3.63) is 45.9 Å². The average Bonchev–Trinajstić information content (AvgIpc) is 3.13. The van der Waals surface area contributed by atoms with Crippen molar-refractivity contribution in [1.82, 2.24) is 20.0 Å². The number of aromatic nitrogens is 2. The molecular formula is C20H25ClN4OS. The molecule has 144 valence electrons. The van der Waals surface area contributed by atoms with Gasteiger partial charge in [0.25, 0.3) is 5.91 Å². The molecule has 0 saturated heterocycles. The number of fused-ring (bicyclic) bond motifs is 1. The first-order valence-corrected chi connectivity index (χ1v) is 10.0. The molecule has 7 heteroatoms. The summed E-state index contributed by atoms with van der Waals surface area (Å²) >= 11 is 7.45. The predicted molar refractivity (Wildman–Crippen MR) is 113 cm³/mol. The van der Waals surface area contributed by atoms with Gasteiger partial charge in [0.2, 0.25) is 0 Å². The Labute approximate surface area is 168 Å². The van der Waals surface area contributed by atoms with Crippen LogP contribution in [0.4, 0.5) is 0 Å². The second-order valence-corrected chi connectivity index (χ2v) is 9.35. The van der Waals surface area contributed by atoms with E-state index in [9.17, 15) is 4.79 Å². The molecule has 27 heavy (non-hydrogen) atoms. The zero-order chi connectivity index (χ0) is 19.8. The molecule has 2 aromatic heterocycles. The molecule has 0 saturated carbocycles. The highest BCUT2D eigenvalue weighted by molar-refractivity contribution is 7.20. The minimum Gasteiger partial charge on any atom is -0.351 e. The Morgan fingerprint density at radius 3 is 2.59 bits per heavy atom. The van der Waals surface area contributed by atoms with Crippen LogP contribution in [-0.4, -0.2) is 47.8 Å². The summed E-state index contributed by atoms with van der Waals surface area (Å²) in [5.74, 6) is -0.0370. The molecule has 0 radical (unpaired) electrons.